The molecular formula is C11H22N4O2. The predicted molar refractivity (Wildman–Crippen MR) is 64.3 cm³/mol. The zero-order valence-corrected chi connectivity index (χ0v) is 10.5. The van der Waals surface area contributed by atoms with E-state index in [0.29, 0.717) is 26.1 Å². The van der Waals surface area contributed by atoms with E-state index in [-0.39, 0.29) is 18.6 Å². The van der Waals surface area contributed by atoms with E-state index in [4.69, 9.17) is 5.11 Å². The molecule has 1 aromatic rings. The van der Waals surface area contributed by atoms with E-state index in [9.17, 15) is 5.11 Å². The first-order chi connectivity index (χ1) is 8.13. The van der Waals surface area contributed by atoms with Crippen molar-refractivity contribution >= 4 is 0 Å². The summed E-state index contributed by atoms with van der Waals surface area (Å²) < 4.78 is 1.71. The fraction of sp³-hybridized carbons (Fsp3) is 0.818. The quantitative estimate of drug-likeness (QED) is 0.586. The van der Waals surface area contributed by atoms with Crippen molar-refractivity contribution in [3.05, 3.63) is 11.9 Å². The lowest BCUT2D eigenvalue weighted by Gasteiger charge is -2.14. The number of hydrogen-bond donors (Lipinski definition) is 3. The van der Waals surface area contributed by atoms with Crippen molar-refractivity contribution in [1.82, 2.24) is 20.3 Å². The first-order valence-corrected chi connectivity index (χ1v) is 6.02. The molecule has 3 N–H and O–H groups in total. The van der Waals surface area contributed by atoms with Crippen molar-refractivity contribution in [2.75, 3.05) is 13.2 Å². The Hall–Kier alpha value is -0.980. The number of aryl methyl sites for hydroxylation is 1. The number of aliphatic hydroxyl groups is 2. The van der Waals surface area contributed by atoms with Crippen molar-refractivity contribution in [2.45, 2.75) is 39.5 Å². The van der Waals surface area contributed by atoms with Gasteiger partial charge in [-0.3, -0.25) is 4.68 Å². The van der Waals surface area contributed by atoms with Crippen LogP contribution >= 0.6 is 0 Å². The fourth-order valence-corrected chi connectivity index (χ4v) is 1.35. The Labute approximate surface area is 102 Å². The molecule has 98 valence electrons. The highest BCUT2D eigenvalue weighted by atomic mass is 16.3. The van der Waals surface area contributed by atoms with Gasteiger partial charge in [-0.25, -0.2) is 0 Å². The second kappa shape index (κ2) is 7.37. The molecule has 0 aliphatic carbocycles. The number of aromatic nitrogens is 3. The van der Waals surface area contributed by atoms with E-state index in [1.165, 1.54) is 0 Å². The van der Waals surface area contributed by atoms with Crippen LogP contribution in [0.25, 0.3) is 0 Å². The van der Waals surface area contributed by atoms with Crippen molar-refractivity contribution in [3.8, 4) is 0 Å². The van der Waals surface area contributed by atoms with E-state index in [1.54, 1.807) is 4.68 Å². The summed E-state index contributed by atoms with van der Waals surface area (Å²) in [5.74, 6) is 0.253. The third kappa shape index (κ3) is 5.25. The van der Waals surface area contributed by atoms with Gasteiger partial charge in [0.1, 0.15) is 0 Å². The van der Waals surface area contributed by atoms with Gasteiger partial charge in [0.15, 0.2) is 0 Å². The van der Waals surface area contributed by atoms with Gasteiger partial charge in [0.25, 0.3) is 0 Å². The Morgan fingerprint density at radius 3 is 2.88 bits per heavy atom. The van der Waals surface area contributed by atoms with Crippen LogP contribution in [-0.4, -0.2) is 44.5 Å². The Morgan fingerprint density at radius 2 is 2.24 bits per heavy atom. The SMILES string of the molecule is CC(C)C(O)CNCc1cn(CCCO)nn1. The molecule has 1 atom stereocenters. The van der Waals surface area contributed by atoms with E-state index < -0.39 is 0 Å². The molecule has 0 aliphatic rings. The van der Waals surface area contributed by atoms with E-state index in [2.05, 4.69) is 15.6 Å². The van der Waals surface area contributed by atoms with Crippen molar-refractivity contribution in [1.29, 1.82) is 0 Å². The Balaban J connectivity index is 2.25. The van der Waals surface area contributed by atoms with Crippen LogP contribution in [0.3, 0.4) is 0 Å². The van der Waals surface area contributed by atoms with Gasteiger partial charge in [-0.2, -0.15) is 0 Å². The molecule has 0 saturated heterocycles. The average Bonchev–Trinajstić information content (AvgIpc) is 2.74. The number of aliphatic hydroxyl groups excluding tert-OH is 2. The van der Waals surface area contributed by atoms with E-state index >= 15 is 0 Å². The summed E-state index contributed by atoms with van der Waals surface area (Å²) in [6.07, 6.45) is 2.20. The molecule has 0 aromatic carbocycles. The van der Waals surface area contributed by atoms with Crippen LogP contribution in [0.2, 0.25) is 0 Å². The van der Waals surface area contributed by atoms with Crippen molar-refractivity contribution in [2.24, 2.45) is 5.92 Å². The summed E-state index contributed by atoms with van der Waals surface area (Å²) in [7, 11) is 0. The van der Waals surface area contributed by atoms with Gasteiger partial charge in [0.05, 0.1) is 11.8 Å². The Morgan fingerprint density at radius 1 is 1.47 bits per heavy atom. The Bertz CT molecular complexity index is 314. The highest BCUT2D eigenvalue weighted by Gasteiger charge is 2.08. The van der Waals surface area contributed by atoms with Gasteiger partial charge in [-0.15, -0.1) is 5.10 Å². The summed E-state index contributed by atoms with van der Waals surface area (Å²) >= 11 is 0. The first-order valence-electron chi connectivity index (χ1n) is 6.02. The minimum Gasteiger partial charge on any atom is -0.396 e. The smallest absolute Gasteiger partial charge is 0.0964 e. The molecule has 0 spiro atoms. The zero-order chi connectivity index (χ0) is 12.7. The zero-order valence-electron chi connectivity index (χ0n) is 10.5. The Kier molecular flexibility index (Phi) is 6.10. The van der Waals surface area contributed by atoms with E-state index in [0.717, 1.165) is 5.69 Å². The second-order valence-electron chi connectivity index (χ2n) is 4.49. The first kappa shape index (κ1) is 14.1. The summed E-state index contributed by atoms with van der Waals surface area (Å²) in [6.45, 7) is 5.96. The summed E-state index contributed by atoms with van der Waals surface area (Å²) in [6, 6.07) is 0. The van der Waals surface area contributed by atoms with Crippen LogP contribution in [0, 0.1) is 5.92 Å². The van der Waals surface area contributed by atoms with Crippen molar-refractivity contribution in [3.63, 3.8) is 0 Å². The topological polar surface area (TPSA) is 83.2 Å². The van der Waals surface area contributed by atoms with Gasteiger partial charge in [0.2, 0.25) is 0 Å². The van der Waals surface area contributed by atoms with Crippen LogP contribution in [0.5, 0.6) is 0 Å². The molecule has 0 fully saturated rings. The minimum atomic E-state index is -0.334. The number of hydrogen-bond acceptors (Lipinski definition) is 5. The molecule has 0 amide bonds. The minimum absolute atomic E-state index is 0.161. The number of rotatable bonds is 8. The standard InChI is InChI=1S/C11H22N4O2/c1-9(2)11(17)7-12-6-10-8-15(14-13-10)4-3-5-16/h8-9,11-12,16-17H,3-7H2,1-2H3. The maximum atomic E-state index is 9.59. The molecule has 0 saturated carbocycles. The molecule has 0 aliphatic heterocycles. The molecule has 1 aromatic heterocycles. The maximum Gasteiger partial charge on any atom is 0.0964 e. The lowest BCUT2D eigenvalue weighted by molar-refractivity contribution is 0.123. The molecule has 0 radical (unpaired) electrons. The van der Waals surface area contributed by atoms with Crippen LogP contribution in [0.1, 0.15) is 26.0 Å². The second-order valence-corrected chi connectivity index (χ2v) is 4.49. The maximum absolute atomic E-state index is 9.59. The average molecular weight is 242 g/mol. The third-order valence-corrected chi connectivity index (χ3v) is 2.56. The van der Waals surface area contributed by atoms with Gasteiger partial charge in [-0.05, 0) is 12.3 Å². The normalized spacial score (nSPS) is 13.2. The van der Waals surface area contributed by atoms with Gasteiger partial charge >= 0.3 is 0 Å². The highest BCUT2D eigenvalue weighted by Crippen LogP contribution is 2.00. The molecule has 17 heavy (non-hydrogen) atoms. The fourth-order valence-electron chi connectivity index (χ4n) is 1.35. The molecule has 6 heteroatoms. The number of nitrogens with zero attached hydrogens (tertiary/aromatic N) is 3. The summed E-state index contributed by atoms with van der Waals surface area (Å²) in [4.78, 5) is 0. The van der Waals surface area contributed by atoms with E-state index in [1.807, 2.05) is 20.0 Å². The summed E-state index contributed by atoms with van der Waals surface area (Å²) in [5.41, 5.74) is 0.846. The number of nitrogens with one attached hydrogen (secondary N) is 1. The molecule has 1 heterocycles. The largest absolute Gasteiger partial charge is 0.396 e. The van der Waals surface area contributed by atoms with Crippen LogP contribution < -0.4 is 5.32 Å². The van der Waals surface area contributed by atoms with Crippen molar-refractivity contribution < 1.29 is 10.2 Å². The molecule has 0 bridgehead atoms. The lowest BCUT2D eigenvalue weighted by atomic mass is 10.1. The molecular weight excluding hydrogens is 220 g/mol. The van der Waals surface area contributed by atoms with Gasteiger partial charge in [-0.1, -0.05) is 19.1 Å². The predicted octanol–water partition coefficient (Wildman–Crippen LogP) is -0.233. The van der Waals surface area contributed by atoms with Crippen LogP contribution in [0.15, 0.2) is 6.20 Å². The van der Waals surface area contributed by atoms with Crippen LogP contribution in [-0.2, 0) is 13.1 Å². The molecule has 1 unspecified atom stereocenters. The van der Waals surface area contributed by atoms with Crippen LogP contribution in [0.4, 0.5) is 0 Å². The molecule has 6 nitrogen and oxygen atoms in total. The monoisotopic (exact) mass is 242 g/mol. The highest BCUT2D eigenvalue weighted by molar-refractivity contribution is 4.91. The van der Waals surface area contributed by atoms with Gasteiger partial charge in [0, 0.05) is 32.4 Å². The van der Waals surface area contributed by atoms with Gasteiger partial charge < -0.3 is 15.5 Å². The summed E-state index contributed by atoms with van der Waals surface area (Å²) in [5, 5.41) is 29.4. The lowest BCUT2D eigenvalue weighted by Crippen LogP contribution is -2.30. The third-order valence-electron chi connectivity index (χ3n) is 2.56. The molecule has 1 rings (SSSR count).